The van der Waals surface area contributed by atoms with Crippen LogP contribution in [-0.2, 0) is 9.53 Å². The van der Waals surface area contributed by atoms with E-state index in [0.29, 0.717) is 0 Å². The summed E-state index contributed by atoms with van der Waals surface area (Å²) < 4.78 is 9.65. The molecule has 0 bridgehead atoms. The number of rotatable bonds is 3. The molecule has 0 aliphatic heterocycles. The first-order valence-corrected chi connectivity index (χ1v) is 5.24. The summed E-state index contributed by atoms with van der Waals surface area (Å²) in [6.07, 6.45) is 1.28. The lowest BCUT2D eigenvalue weighted by Gasteiger charge is -2.22. The molecule has 0 aliphatic carbocycles. The van der Waals surface area contributed by atoms with Crippen molar-refractivity contribution in [1.29, 1.82) is 0 Å². The smallest absolute Gasteiger partial charge is 0.328 e. The highest BCUT2D eigenvalue weighted by Crippen LogP contribution is 2.08. The Hall–Kier alpha value is -1.85. The Morgan fingerprint density at radius 1 is 1.47 bits per heavy atom. The number of amides is 1. The fourth-order valence-corrected chi connectivity index (χ4v) is 1.05. The molecule has 1 rings (SSSR count). The number of carbonyl (C=O) groups is 2. The topological polar surface area (TPSA) is 81.4 Å². The summed E-state index contributed by atoms with van der Waals surface area (Å²) in [5.41, 5.74) is -0.454. The molecule has 17 heavy (non-hydrogen) atoms. The third-order valence-corrected chi connectivity index (χ3v) is 1.78. The lowest BCUT2D eigenvalue weighted by Crippen LogP contribution is -2.42. The quantitative estimate of drug-likeness (QED) is 0.801. The second kappa shape index (κ2) is 4.99. The predicted octanol–water partition coefficient (Wildman–Crippen LogP) is 1.13. The molecule has 0 aromatic carbocycles. The first-order valence-electron chi connectivity index (χ1n) is 5.24. The minimum Gasteiger partial charge on any atom is -0.458 e. The lowest BCUT2D eigenvalue weighted by atomic mass is 10.2. The van der Waals surface area contributed by atoms with E-state index in [0.717, 1.165) is 0 Å². The summed E-state index contributed by atoms with van der Waals surface area (Å²) in [6.45, 7) is 6.83. The number of nitrogens with one attached hydrogen (secondary N) is 1. The van der Waals surface area contributed by atoms with Gasteiger partial charge in [0.15, 0.2) is 5.69 Å². The second-order valence-corrected chi connectivity index (χ2v) is 4.61. The lowest BCUT2D eigenvalue weighted by molar-refractivity contribution is -0.156. The van der Waals surface area contributed by atoms with Gasteiger partial charge in [-0.1, -0.05) is 5.16 Å². The molecule has 1 aromatic rings. The van der Waals surface area contributed by atoms with Crippen molar-refractivity contribution in [2.45, 2.75) is 39.3 Å². The number of aromatic nitrogens is 1. The molecule has 1 atom stereocenters. The summed E-state index contributed by atoms with van der Waals surface area (Å²) in [5.74, 6) is -0.966. The molecule has 6 nitrogen and oxygen atoms in total. The third kappa shape index (κ3) is 4.26. The zero-order valence-electron chi connectivity index (χ0n) is 10.3. The van der Waals surface area contributed by atoms with Gasteiger partial charge in [-0.15, -0.1) is 0 Å². The van der Waals surface area contributed by atoms with Crippen LogP contribution in [0.1, 0.15) is 38.2 Å². The molecule has 0 fully saturated rings. The summed E-state index contributed by atoms with van der Waals surface area (Å²) in [4.78, 5) is 23.1. The van der Waals surface area contributed by atoms with Crippen LogP contribution in [0.3, 0.4) is 0 Å². The van der Waals surface area contributed by atoms with Crippen molar-refractivity contribution in [1.82, 2.24) is 10.5 Å². The second-order valence-electron chi connectivity index (χ2n) is 4.61. The van der Waals surface area contributed by atoms with Crippen LogP contribution in [0.4, 0.5) is 0 Å². The van der Waals surface area contributed by atoms with Crippen LogP contribution in [-0.4, -0.2) is 28.7 Å². The van der Waals surface area contributed by atoms with Gasteiger partial charge < -0.3 is 14.6 Å². The van der Waals surface area contributed by atoms with Gasteiger partial charge in [0.25, 0.3) is 5.91 Å². The van der Waals surface area contributed by atoms with E-state index in [1.54, 1.807) is 27.7 Å². The Kier molecular flexibility index (Phi) is 3.88. The number of esters is 1. The Morgan fingerprint density at radius 3 is 2.59 bits per heavy atom. The maximum Gasteiger partial charge on any atom is 0.328 e. The minimum absolute atomic E-state index is 0.125. The molecule has 1 aromatic heterocycles. The fourth-order valence-electron chi connectivity index (χ4n) is 1.05. The van der Waals surface area contributed by atoms with Gasteiger partial charge in [-0.3, -0.25) is 4.79 Å². The van der Waals surface area contributed by atoms with Crippen molar-refractivity contribution in [3.8, 4) is 0 Å². The maximum absolute atomic E-state index is 11.6. The van der Waals surface area contributed by atoms with E-state index in [1.165, 1.54) is 12.3 Å². The molecule has 0 aliphatic rings. The highest BCUT2D eigenvalue weighted by Gasteiger charge is 2.23. The van der Waals surface area contributed by atoms with Gasteiger partial charge in [0.1, 0.15) is 17.9 Å². The standard InChI is InChI=1S/C11H16N2O4/c1-7(10(15)17-11(2,3)4)12-9(14)8-5-6-16-13-8/h5-7H,1-4H3,(H,12,14)/t7-/m1/s1. The monoisotopic (exact) mass is 240 g/mol. The molecule has 1 amide bonds. The third-order valence-electron chi connectivity index (χ3n) is 1.78. The van der Waals surface area contributed by atoms with E-state index in [4.69, 9.17) is 4.74 Å². The number of ether oxygens (including phenoxy) is 1. The number of carbonyl (C=O) groups excluding carboxylic acids is 2. The van der Waals surface area contributed by atoms with Gasteiger partial charge in [0.05, 0.1) is 0 Å². The molecule has 0 saturated carbocycles. The van der Waals surface area contributed by atoms with Crippen molar-refractivity contribution in [2.75, 3.05) is 0 Å². The summed E-state index contributed by atoms with van der Waals surface area (Å²) >= 11 is 0. The highest BCUT2D eigenvalue weighted by molar-refractivity contribution is 5.94. The van der Waals surface area contributed by atoms with Gasteiger partial charge in [-0.2, -0.15) is 0 Å². The van der Waals surface area contributed by atoms with Gasteiger partial charge in [-0.25, -0.2) is 4.79 Å². The Morgan fingerprint density at radius 2 is 2.12 bits per heavy atom. The largest absolute Gasteiger partial charge is 0.458 e. The van der Waals surface area contributed by atoms with E-state index in [9.17, 15) is 9.59 Å². The zero-order valence-corrected chi connectivity index (χ0v) is 10.3. The first kappa shape index (κ1) is 13.2. The Labute approximate surface area is 99.3 Å². The number of nitrogens with zero attached hydrogens (tertiary/aromatic N) is 1. The van der Waals surface area contributed by atoms with Crippen molar-refractivity contribution >= 4 is 11.9 Å². The Bertz CT molecular complexity index is 392. The van der Waals surface area contributed by atoms with Crippen LogP contribution < -0.4 is 5.32 Å². The maximum atomic E-state index is 11.6. The number of hydrogen-bond acceptors (Lipinski definition) is 5. The summed E-state index contributed by atoms with van der Waals surface area (Å²) in [5, 5.41) is 5.93. The minimum atomic E-state index is -0.738. The molecule has 0 spiro atoms. The van der Waals surface area contributed by atoms with Gasteiger partial charge in [0.2, 0.25) is 0 Å². The van der Waals surface area contributed by atoms with Crippen LogP contribution in [0.2, 0.25) is 0 Å². The highest BCUT2D eigenvalue weighted by atomic mass is 16.6. The molecule has 6 heteroatoms. The van der Waals surface area contributed by atoms with Crippen LogP contribution in [0.5, 0.6) is 0 Å². The molecule has 0 saturated heterocycles. The summed E-state index contributed by atoms with van der Waals surface area (Å²) in [7, 11) is 0. The molecule has 0 unspecified atom stereocenters. The molecular weight excluding hydrogens is 224 g/mol. The number of hydrogen-bond donors (Lipinski definition) is 1. The molecule has 1 N–H and O–H groups in total. The summed E-state index contributed by atoms with van der Waals surface area (Å²) in [6, 6.07) is 0.676. The van der Waals surface area contributed by atoms with Crippen LogP contribution in [0.25, 0.3) is 0 Å². The van der Waals surface area contributed by atoms with E-state index in [-0.39, 0.29) is 5.69 Å². The van der Waals surface area contributed by atoms with Crippen LogP contribution >= 0.6 is 0 Å². The SMILES string of the molecule is C[C@@H](NC(=O)c1ccon1)C(=O)OC(C)(C)C. The van der Waals surface area contributed by atoms with Crippen molar-refractivity contribution in [3.05, 3.63) is 18.0 Å². The molecular formula is C11H16N2O4. The van der Waals surface area contributed by atoms with Gasteiger partial charge in [-0.05, 0) is 27.7 Å². The van der Waals surface area contributed by atoms with Crippen LogP contribution in [0, 0.1) is 0 Å². The molecule has 94 valence electrons. The average molecular weight is 240 g/mol. The predicted molar refractivity (Wildman–Crippen MR) is 59.3 cm³/mol. The van der Waals surface area contributed by atoms with Crippen LogP contribution in [0.15, 0.2) is 16.9 Å². The van der Waals surface area contributed by atoms with Gasteiger partial charge in [0, 0.05) is 6.07 Å². The van der Waals surface area contributed by atoms with Crippen molar-refractivity contribution < 1.29 is 18.8 Å². The van der Waals surface area contributed by atoms with E-state index >= 15 is 0 Å². The van der Waals surface area contributed by atoms with Crippen molar-refractivity contribution in [2.24, 2.45) is 0 Å². The van der Waals surface area contributed by atoms with E-state index in [1.807, 2.05) is 0 Å². The van der Waals surface area contributed by atoms with Gasteiger partial charge >= 0.3 is 5.97 Å². The Balaban J connectivity index is 2.52. The average Bonchev–Trinajstić information content (AvgIpc) is 2.67. The fraction of sp³-hybridized carbons (Fsp3) is 0.545. The normalized spacial score (nSPS) is 12.9. The zero-order chi connectivity index (χ0) is 13.1. The first-order chi connectivity index (χ1) is 7.79. The molecule has 0 radical (unpaired) electrons. The van der Waals surface area contributed by atoms with E-state index < -0.39 is 23.5 Å². The molecule has 1 heterocycles. The van der Waals surface area contributed by atoms with E-state index in [2.05, 4.69) is 15.0 Å². The van der Waals surface area contributed by atoms with Crippen molar-refractivity contribution in [3.63, 3.8) is 0 Å².